The van der Waals surface area contributed by atoms with Crippen molar-refractivity contribution in [3.05, 3.63) is 139 Å². The lowest BCUT2D eigenvalue weighted by Gasteiger charge is -2.24. The van der Waals surface area contributed by atoms with E-state index in [0.717, 1.165) is 43.3 Å². The minimum Gasteiger partial charge on any atom is -0.489 e. The number of nitrogens with zero attached hydrogens (tertiary/aromatic N) is 8. The van der Waals surface area contributed by atoms with Crippen LogP contribution in [0.1, 0.15) is 94.1 Å². The summed E-state index contributed by atoms with van der Waals surface area (Å²) in [7, 11) is -2.18. The second-order valence-corrected chi connectivity index (χ2v) is 21.7. The van der Waals surface area contributed by atoms with E-state index < -0.39 is 45.9 Å². The van der Waals surface area contributed by atoms with Crippen LogP contribution >= 0.6 is 22.9 Å². The van der Waals surface area contributed by atoms with Gasteiger partial charge in [0, 0.05) is 40.5 Å². The smallest absolute Gasteiger partial charge is 0.306 e. The molecule has 21 heteroatoms. The zero-order valence-corrected chi connectivity index (χ0v) is 43.8. The molecule has 5 heterocycles. The molecule has 4 aromatic carbocycles. The Morgan fingerprint density at radius 2 is 1.73 bits per heavy atom. The van der Waals surface area contributed by atoms with Crippen molar-refractivity contribution in [3.8, 4) is 16.5 Å². The zero-order chi connectivity index (χ0) is 51.7. The number of aliphatic imine (C=N–C) groups is 1. The van der Waals surface area contributed by atoms with Gasteiger partial charge in [-0.3, -0.25) is 23.9 Å². The number of aromatic nitrogens is 6. The third-order valence-corrected chi connectivity index (χ3v) is 16.3. The van der Waals surface area contributed by atoms with Crippen molar-refractivity contribution < 1.29 is 37.0 Å². The van der Waals surface area contributed by atoms with Gasteiger partial charge < -0.3 is 24.8 Å². The van der Waals surface area contributed by atoms with Crippen molar-refractivity contribution >= 4 is 67.5 Å². The van der Waals surface area contributed by atoms with Gasteiger partial charge in [0.1, 0.15) is 57.0 Å². The molecule has 1 unspecified atom stereocenters. The first-order valence-electron chi connectivity index (χ1n) is 23.9. The Hall–Kier alpha value is -7.00. The molecule has 2 aliphatic heterocycles. The number of esters is 1. The predicted molar refractivity (Wildman–Crippen MR) is 276 cm³/mol. The van der Waals surface area contributed by atoms with E-state index >= 15 is 0 Å². The SMILES string of the molecule is CCOC(=O)CC(c1ccc(C)c(CN2C[C@@H](C)Oc3ccccc3S2(=O)=O)c1)c1cc(OCCNC(=O)CNC(=O)C[C@@H]2N=C(c3ccc(Cl)cc3)c3c(sc(C)c3C)-n3c(C)nnc32)c2c(c1)nnn2C. The Morgan fingerprint density at radius 3 is 2.51 bits per heavy atom. The van der Waals surface area contributed by atoms with Crippen LogP contribution in [-0.4, -0.2) is 105 Å². The highest BCUT2D eigenvalue weighted by Crippen LogP contribution is 2.41. The number of hydrogen-bond donors (Lipinski definition) is 2. The second kappa shape index (κ2) is 21.2. The number of thiophene rings is 1. The van der Waals surface area contributed by atoms with Crippen molar-refractivity contribution in [2.45, 2.75) is 83.9 Å². The van der Waals surface area contributed by atoms with Crippen LogP contribution in [0.3, 0.4) is 0 Å². The first-order chi connectivity index (χ1) is 35.0. The van der Waals surface area contributed by atoms with Gasteiger partial charge in [0.2, 0.25) is 21.8 Å². The van der Waals surface area contributed by atoms with Crippen LogP contribution in [0.4, 0.5) is 0 Å². The van der Waals surface area contributed by atoms with Crippen LogP contribution in [0.25, 0.3) is 16.0 Å². The number of aryl methyl sites for hydroxylation is 4. The van der Waals surface area contributed by atoms with Crippen LogP contribution < -0.4 is 20.1 Å². The zero-order valence-electron chi connectivity index (χ0n) is 41.4. The van der Waals surface area contributed by atoms with Crippen molar-refractivity contribution in [1.29, 1.82) is 0 Å². The van der Waals surface area contributed by atoms with Gasteiger partial charge in [0.15, 0.2) is 5.82 Å². The van der Waals surface area contributed by atoms with Gasteiger partial charge in [0.25, 0.3) is 0 Å². The molecule has 18 nitrogen and oxygen atoms in total. The molecule has 0 spiro atoms. The molecular weight excluding hydrogens is 992 g/mol. The molecule has 2 amide bonds. The number of ether oxygens (including phenoxy) is 3. The number of para-hydroxylation sites is 1. The summed E-state index contributed by atoms with van der Waals surface area (Å²) in [5, 5.41) is 24.5. The molecule has 9 rings (SSSR count). The number of benzene rings is 4. The summed E-state index contributed by atoms with van der Waals surface area (Å²) < 4.78 is 50.8. The molecule has 0 saturated carbocycles. The van der Waals surface area contributed by atoms with E-state index in [4.69, 9.17) is 30.8 Å². The molecule has 3 aromatic heterocycles. The molecule has 0 aliphatic carbocycles. The molecule has 380 valence electrons. The third-order valence-electron chi connectivity index (χ3n) is 13.0. The lowest BCUT2D eigenvalue weighted by Crippen LogP contribution is -2.38. The maximum Gasteiger partial charge on any atom is 0.306 e. The fraction of sp³-hybridized carbons (Fsp3) is 0.346. The monoisotopic (exact) mass is 1050 g/mol. The molecule has 0 saturated heterocycles. The quantitative estimate of drug-likeness (QED) is 0.0730. The van der Waals surface area contributed by atoms with Gasteiger partial charge in [-0.1, -0.05) is 59.3 Å². The first-order valence-corrected chi connectivity index (χ1v) is 26.5. The van der Waals surface area contributed by atoms with Crippen LogP contribution in [0, 0.1) is 27.7 Å². The van der Waals surface area contributed by atoms with E-state index in [0.29, 0.717) is 50.5 Å². The molecule has 2 N–H and O–H groups in total. The normalized spacial score (nSPS) is 16.5. The van der Waals surface area contributed by atoms with E-state index in [1.165, 1.54) is 4.31 Å². The molecule has 0 bridgehead atoms. The van der Waals surface area contributed by atoms with E-state index in [-0.39, 0.29) is 57.1 Å². The van der Waals surface area contributed by atoms with Crippen LogP contribution in [-0.2, 0) is 42.7 Å². The van der Waals surface area contributed by atoms with E-state index in [9.17, 15) is 22.8 Å². The summed E-state index contributed by atoms with van der Waals surface area (Å²) in [5.41, 5.74) is 7.75. The molecule has 3 atom stereocenters. The summed E-state index contributed by atoms with van der Waals surface area (Å²) in [4.78, 5) is 46.4. The summed E-state index contributed by atoms with van der Waals surface area (Å²) in [5.74, 6) is 0.105. The topological polar surface area (TPSA) is 214 Å². The first kappa shape index (κ1) is 50.9. The summed E-state index contributed by atoms with van der Waals surface area (Å²) in [6.45, 7) is 11.7. The minimum absolute atomic E-state index is 0.0330. The number of carbonyl (C=O) groups is 3. The third kappa shape index (κ3) is 10.6. The number of amides is 2. The number of hydrogen-bond acceptors (Lipinski definition) is 14. The Balaban J connectivity index is 0.887. The highest BCUT2D eigenvalue weighted by Gasteiger charge is 2.35. The highest BCUT2D eigenvalue weighted by atomic mass is 35.5. The Labute approximate surface area is 431 Å². The number of rotatable bonds is 16. The Bertz CT molecular complexity index is 3410. The largest absolute Gasteiger partial charge is 0.489 e. The van der Waals surface area contributed by atoms with Gasteiger partial charge in [-0.2, -0.15) is 4.31 Å². The lowest BCUT2D eigenvalue weighted by molar-refractivity contribution is -0.143. The van der Waals surface area contributed by atoms with Gasteiger partial charge in [-0.25, -0.2) is 13.1 Å². The second-order valence-electron chi connectivity index (χ2n) is 18.1. The molecule has 73 heavy (non-hydrogen) atoms. The van der Waals surface area contributed by atoms with Crippen LogP contribution in [0.15, 0.2) is 88.8 Å². The maximum atomic E-state index is 14.0. The molecule has 7 aromatic rings. The summed E-state index contributed by atoms with van der Waals surface area (Å²) >= 11 is 7.88. The highest BCUT2D eigenvalue weighted by molar-refractivity contribution is 7.89. The van der Waals surface area contributed by atoms with Crippen molar-refractivity contribution in [3.63, 3.8) is 0 Å². The maximum absolute atomic E-state index is 14.0. The van der Waals surface area contributed by atoms with E-state index in [2.05, 4.69) is 45.0 Å². The molecular formula is C52H55ClN10O8S2. The van der Waals surface area contributed by atoms with Gasteiger partial charge >= 0.3 is 5.97 Å². The molecule has 0 fully saturated rings. The fourth-order valence-corrected chi connectivity index (χ4v) is 12.2. The predicted octanol–water partition coefficient (Wildman–Crippen LogP) is 7.15. The standard InChI is InChI=1S/C52H55ClN10O8S2/c1-8-69-47(66)24-39(35-14-13-29(2)37(21-35)28-62-27-30(3)71-42-11-9-10-12-44(42)73(62,67)68)36-22-40-50(61(7)60-58-40)43(23-36)70-20-19-54-46(65)26-55-45(64)25-41-51-59-57-33(6)63(51)52-48(31(4)32(5)72-52)49(56-41)34-15-17-38(53)18-16-34/h9-18,21-23,30,39,41H,8,19-20,24-28H2,1-7H3,(H,54,65)(H,55,64)/t30-,39?,41+/m1/s1. The molecule has 2 aliphatic rings. The van der Waals surface area contributed by atoms with E-state index in [1.54, 1.807) is 54.3 Å². The molecule has 0 radical (unpaired) electrons. The van der Waals surface area contributed by atoms with Crippen molar-refractivity contribution in [2.24, 2.45) is 12.0 Å². The van der Waals surface area contributed by atoms with Crippen molar-refractivity contribution in [1.82, 2.24) is 44.7 Å². The number of fused-ring (bicyclic) bond motifs is 5. The summed E-state index contributed by atoms with van der Waals surface area (Å²) in [6, 6.07) is 22.8. The van der Waals surface area contributed by atoms with Gasteiger partial charge in [-0.05, 0) is 106 Å². The minimum atomic E-state index is -3.92. The number of sulfonamides is 1. The average Bonchev–Trinajstić information content (AvgIpc) is 3.98. The number of nitrogens with one attached hydrogen (secondary N) is 2. The van der Waals surface area contributed by atoms with Crippen molar-refractivity contribution in [2.75, 3.05) is 32.8 Å². The van der Waals surface area contributed by atoms with E-state index in [1.807, 2.05) is 79.9 Å². The van der Waals surface area contributed by atoms with Gasteiger partial charge in [-0.15, -0.1) is 26.6 Å². The average molecular weight is 1050 g/mol. The number of halogens is 1. The fourth-order valence-electron chi connectivity index (χ4n) is 9.23. The van der Waals surface area contributed by atoms with Crippen LogP contribution in [0.2, 0.25) is 5.02 Å². The lowest BCUT2D eigenvalue weighted by atomic mass is 9.86. The Morgan fingerprint density at radius 1 is 0.945 bits per heavy atom. The van der Waals surface area contributed by atoms with Gasteiger partial charge in [0.05, 0.1) is 44.8 Å². The Kier molecular flexibility index (Phi) is 14.8. The van der Waals surface area contributed by atoms with Crippen LogP contribution in [0.5, 0.6) is 11.5 Å². The number of carbonyl (C=O) groups excluding carboxylic acids is 3. The summed E-state index contributed by atoms with van der Waals surface area (Å²) in [6.07, 6.45) is -0.526.